The van der Waals surface area contributed by atoms with Gasteiger partial charge in [-0.3, -0.25) is 14.9 Å². The molecule has 0 aliphatic rings. The molecule has 2 rings (SSSR count). The van der Waals surface area contributed by atoms with Crippen molar-refractivity contribution in [3.63, 3.8) is 0 Å². The van der Waals surface area contributed by atoms with E-state index in [9.17, 15) is 9.59 Å². The monoisotopic (exact) mass is 354 g/mol. The van der Waals surface area contributed by atoms with Crippen LogP contribution in [0, 0.1) is 6.92 Å². The third kappa shape index (κ3) is 5.22. The van der Waals surface area contributed by atoms with Crippen molar-refractivity contribution >= 4 is 39.9 Å². The molecule has 122 valence electrons. The highest BCUT2D eigenvalue weighted by Gasteiger charge is 2.11. The first-order chi connectivity index (χ1) is 11.0. The van der Waals surface area contributed by atoms with E-state index < -0.39 is 0 Å². The number of esters is 1. The molecule has 1 aromatic heterocycles. The Balaban J connectivity index is 1.86. The number of aromatic nitrogens is 1. The molecule has 0 aliphatic carbocycles. The van der Waals surface area contributed by atoms with Crippen LogP contribution in [0.1, 0.15) is 11.3 Å². The first-order valence-corrected chi connectivity index (χ1v) is 7.93. The Labute approximate surface area is 142 Å². The van der Waals surface area contributed by atoms with Crippen molar-refractivity contribution in [2.45, 2.75) is 13.3 Å². The molecule has 0 radical (unpaired) electrons. The van der Waals surface area contributed by atoms with Gasteiger partial charge in [0.25, 0.3) is 5.91 Å². The van der Waals surface area contributed by atoms with E-state index in [0.717, 1.165) is 5.56 Å². The van der Waals surface area contributed by atoms with Crippen LogP contribution in [0.2, 0.25) is 5.02 Å². The molecule has 1 amide bonds. The van der Waals surface area contributed by atoms with E-state index in [1.54, 1.807) is 23.6 Å². The van der Waals surface area contributed by atoms with Crippen LogP contribution in [0.25, 0.3) is 0 Å². The fraction of sp³-hybridized carbons (Fsp3) is 0.267. The van der Waals surface area contributed by atoms with Crippen LogP contribution in [0.3, 0.4) is 0 Å². The molecule has 1 heterocycles. The van der Waals surface area contributed by atoms with Crippen molar-refractivity contribution in [1.29, 1.82) is 0 Å². The molecule has 2 aromatic rings. The average Bonchev–Trinajstić information content (AvgIpc) is 2.93. The lowest BCUT2D eigenvalue weighted by molar-refractivity contribution is -0.139. The number of aryl methyl sites for hydroxylation is 1. The molecule has 0 spiro atoms. The minimum Gasteiger partial charge on any atom is -0.483 e. The van der Waals surface area contributed by atoms with Gasteiger partial charge < -0.3 is 9.47 Å². The summed E-state index contributed by atoms with van der Waals surface area (Å²) in [6.45, 7) is 1.70. The van der Waals surface area contributed by atoms with Crippen molar-refractivity contribution in [2.75, 3.05) is 19.0 Å². The van der Waals surface area contributed by atoms with Crippen LogP contribution in [0.15, 0.2) is 23.6 Å². The topological polar surface area (TPSA) is 77.5 Å². The van der Waals surface area contributed by atoms with Gasteiger partial charge in [-0.15, -0.1) is 11.3 Å². The van der Waals surface area contributed by atoms with E-state index in [4.69, 9.17) is 16.3 Å². The Kier molecular flexibility index (Phi) is 5.95. The number of amides is 1. The van der Waals surface area contributed by atoms with Crippen LogP contribution in [0.4, 0.5) is 5.13 Å². The Morgan fingerprint density at radius 3 is 2.87 bits per heavy atom. The number of carbonyl (C=O) groups excluding carboxylic acids is 2. The van der Waals surface area contributed by atoms with Gasteiger partial charge in [0.05, 0.1) is 19.2 Å². The van der Waals surface area contributed by atoms with Gasteiger partial charge in [0, 0.05) is 10.4 Å². The summed E-state index contributed by atoms with van der Waals surface area (Å²) in [4.78, 5) is 27.2. The van der Waals surface area contributed by atoms with E-state index in [0.29, 0.717) is 21.6 Å². The van der Waals surface area contributed by atoms with Crippen molar-refractivity contribution in [1.82, 2.24) is 4.98 Å². The van der Waals surface area contributed by atoms with E-state index in [1.807, 2.05) is 6.92 Å². The lowest BCUT2D eigenvalue weighted by atomic mass is 10.2. The number of thiazole rings is 1. The maximum absolute atomic E-state index is 11.9. The lowest BCUT2D eigenvalue weighted by Gasteiger charge is -2.08. The number of halogens is 1. The Morgan fingerprint density at radius 2 is 2.17 bits per heavy atom. The number of benzene rings is 1. The molecule has 6 nitrogen and oxygen atoms in total. The molecule has 0 saturated carbocycles. The van der Waals surface area contributed by atoms with Gasteiger partial charge in [0.2, 0.25) is 0 Å². The largest absolute Gasteiger partial charge is 0.483 e. The van der Waals surface area contributed by atoms with Crippen LogP contribution >= 0.6 is 22.9 Å². The number of nitrogens with zero attached hydrogens (tertiary/aromatic N) is 1. The minimum absolute atomic E-state index is 0.0728. The van der Waals surface area contributed by atoms with E-state index in [2.05, 4.69) is 15.0 Å². The summed E-state index contributed by atoms with van der Waals surface area (Å²) in [5.74, 6) is -0.122. The highest BCUT2D eigenvalue weighted by Crippen LogP contribution is 2.22. The Morgan fingerprint density at radius 1 is 1.39 bits per heavy atom. The van der Waals surface area contributed by atoms with E-state index in [1.165, 1.54) is 18.4 Å². The van der Waals surface area contributed by atoms with Gasteiger partial charge in [-0.25, -0.2) is 4.98 Å². The van der Waals surface area contributed by atoms with Crippen molar-refractivity contribution in [3.8, 4) is 5.75 Å². The van der Waals surface area contributed by atoms with Crippen molar-refractivity contribution < 1.29 is 19.1 Å². The number of ether oxygens (including phenoxy) is 2. The summed E-state index contributed by atoms with van der Waals surface area (Å²) in [7, 11) is 1.31. The zero-order valence-corrected chi connectivity index (χ0v) is 14.2. The maximum atomic E-state index is 11.9. The molecule has 0 bridgehead atoms. The number of anilines is 1. The van der Waals surface area contributed by atoms with Gasteiger partial charge in [0.15, 0.2) is 11.7 Å². The number of hydrogen-bond acceptors (Lipinski definition) is 6. The molecule has 0 fully saturated rings. The molecule has 0 unspecified atom stereocenters. The predicted molar refractivity (Wildman–Crippen MR) is 88.1 cm³/mol. The van der Waals surface area contributed by atoms with E-state index >= 15 is 0 Å². The third-order valence-electron chi connectivity index (χ3n) is 2.85. The highest BCUT2D eigenvalue weighted by atomic mass is 35.5. The first-order valence-electron chi connectivity index (χ1n) is 6.68. The van der Waals surface area contributed by atoms with Crippen molar-refractivity contribution in [2.24, 2.45) is 0 Å². The van der Waals surface area contributed by atoms with Crippen LogP contribution < -0.4 is 10.1 Å². The Bertz CT molecular complexity index is 717. The highest BCUT2D eigenvalue weighted by molar-refractivity contribution is 7.13. The number of carbonyl (C=O) groups is 2. The fourth-order valence-electron chi connectivity index (χ4n) is 1.74. The quantitative estimate of drug-likeness (QED) is 0.807. The molecule has 8 heteroatoms. The fourth-order valence-corrected chi connectivity index (χ4v) is 2.69. The average molecular weight is 355 g/mol. The molecule has 1 aromatic carbocycles. The van der Waals surface area contributed by atoms with Gasteiger partial charge in [0.1, 0.15) is 5.75 Å². The summed E-state index contributed by atoms with van der Waals surface area (Å²) >= 11 is 7.09. The molecule has 1 N–H and O–H groups in total. The molecular formula is C15H15ClN2O4S. The molecule has 0 atom stereocenters. The maximum Gasteiger partial charge on any atom is 0.311 e. The summed E-state index contributed by atoms with van der Waals surface area (Å²) in [5.41, 5.74) is 1.39. The second-order valence-electron chi connectivity index (χ2n) is 4.64. The summed E-state index contributed by atoms with van der Waals surface area (Å²) in [6, 6.07) is 5.17. The number of rotatable bonds is 6. The molecular weight excluding hydrogens is 340 g/mol. The van der Waals surface area contributed by atoms with Crippen LogP contribution in [-0.4, -0.2) is 30.6 Å². The smallest absolute Gasteiger partial charge is 0.311 e. The standard InChI is InChI=1S/C15H15ClN2O4S/c1-9-5-10(16)3-4-12(9)22-7-13(19)18-15-17-11(8-23-15)6-14(20)21-2/h3-5,8H,6-7H2,1-2H3,(H,17,18,19). The number of hydrogen-bond donors (Lipinski definition) is 1. The second kappa shape index (κ2) is 7.94. The van der Waals surface area contributed by atoms with E-state index in [-0.39, 0.29) is 24.9 Å². The normalized spacial score (nSPS) is 10.2. The lowest BCUT2D eigenvalue weighted by Crippen LogP contribution is -2.20. The Hall–Kier alpha value is -2.12. The van der Waals surface area contributed by atoms with Crippen LogP contribution in [-0.2, 0) is 20.7 Å². The number of methoxy groups -OCH3 is 1. The summed E-state index contributed by atoms with van der Waals surface area (Å²) in [5, 5.41) is 5.33. The first kappa shape index (κ1) is 17.2. The zero-order chi connectivity index (χ0) is 16.8. The molecule has 0 aliphatic heterocycles. The van der Waals surface area contributed by atoms with Gasteiger partial charge in [-0.05, 0) is 30.7 Å². The zero-order valence-electron chi connectivity index (χ0n) is 12.6. The predicted octanol–water partition coefficient (Wildman–Crippen LogP) is 2.84. The number of nitrogens with one attached hydrogen (secondary N) is 1. The second-order valence-corrected chi connectivity index (χ2v) is 5.94. The minimum atomic E-state index is -0.380. The third-order valence-corrected chi connectivity index (χ3v) is 3.89. The summed E-state index contributed by atoms with van der Waals surface area (Å²) in [6.07, 6.45) is 0.0728. The van der Waals surface area contributed by atoms with Crippen LogP contribution in [0.5, 0.6) is 5.75 Å². The SMILES string of the molecule is COC(=O)Cc1csc(NC(=O)COc2ccc(Cl)cc2C)n1. The molecule has 23 heavy (non-hydrogen) atoms. The van der Waals surface area contributed by atoms with Gasteiger partial charge >= 0.3 is 5.97 Å². The molecule has 0 saturated heterocycles. The summed E-state index contributed by atoms with van der Waals surface area (Å²) < 4.78 is 10.0. The van der Waals surface area contributed by atoms with Crippen molar-refractivity contribution in [3.05, 3.63) is 39.9 Å². The van der Waals surface area contributed by atoms with Gasteiger partial charge in [-0.2, -0.15) is 0 Å². The van der Waals surface area contributed by atoms with Gasteiger partial charge in [-0.1, -0.05) is 11.6 Å².